The molecule has 0 aliphatic rings. The van der Waals surface area contributed by atoms with E-state index < -0.39 is 0 Å². The first kappa shape index (κ1) is 13.2. The number of hydrogen-bond acceptors (Lipinski definition) is 5. The molecule has 96 valence electrons. The summed E-state index contributed by atoms with van der Waals surface area (Å²) < 4.78 is 10.5. The van der Waals surface area contributed by atoms with Gasteiger partial charge in [-0.25, -0.2) is 4.98 Å². The molecule has 0 aliphatic heterocycles. The molecule has 6 heteroatoms. The standard InChI is InChI=1S/C12H12ClNO3S/c1-7(2)16-11(15)6-18-12-14-9-5-8(13)3-4-10(9)17-12/h3-5,7H,6H2,1-2H3. The lowest BCUT2D eigenvalue weighted by Crippen LogP contribution is -2.13. The fourth-order valence-corrected chi connectivity index (χ4v) is 2.15. The van der Waals surface area contributed by atoms with Crippen molar-refractivity contribution in [3.63, 3.8) is 0 Å². The van der Waals surface area contributed by atoms with Gasteiger partial charge in [-0.3, -0.25) is 4.79 Å². The van der Waals surface area contributed by atoms with Gasteiger partial charge < -0.3 is 9.15 Å². The van der Waals surface area contributed by atoms with Crippen molar-refractivity contribution in [2.45, 2.75) is 25.2 Å². The number of carbonyl (C=O) groups excluding carboxylic acids is 1. The number of benzene rings is 1. The number of thioether (sulfide) groups is 1. The summed E-state index contributed by atoms with van der Waals surface area (Å²) in [5.74, 6) is -0.103. The molecule has 18 heavy (non-hydrogen) atoms. The van der Waals surface area contributed by atoms with E-state index >= 15 is 0 Å². The number of aromatic nitrogens is 1. The quantitative estimate of drug-likeness (QED) is 0.635. The maximum absolute atomic E-state index is 11.4. The summed E-state index contributed by atoms with van der Waals surface area (Å²) in [6, 6.07) is 5.20. The van der Waals surface area contributed by atoms with Crippen molar-refractivity contribution in [3.05, 3.63) is 23.2 Å². The molecule has 0 fully saturated rings. The molecule has 0 saturated heterocycles. The van der Waals surface area contributed by atoms with Gasteiger partial charge in [-0.05, 0) is 32.0 Å². The molecule has 0 amide bonds. The van der Waals surface area contributed by atoms with Gasteiger partial charge in [0.25, 0.3) is 5.22 Å². The number of carbonyl (C=O) groups is 1. The van der Waals surface area contributed by atoms with Crippen LogP contribution in [0.25, 0.3) is 11.1 Å². The van der Waals surface area contributed by atoms with Crippen molar-refractivity contribution < 1.29 is 13.9 Å². The Hall–Kier alpha value is -1.20. The fourth-order valence-electron chi connectivity index (χ4n) is 1.36. The van der Waals surface area contributed by atoms with E-state index in [1.165, 1.54) is 11.8 Å². The zero-order valence-corrected chi connectivity index (χ0v) is 11.5. The van der Waals surface area contributed by atoms with Gasteiger partial charge >= 0.3 is 5.97 Å². The van der Waals surface area contributed by atoms with Crippen LogP contribution in [0.4, 0.5) is 0 Å². The maximum Gasteiger partial charge on any atom is 0.316 e. The minimum absolute atomic E-state index is 0.111. The van der Waals surface area contributed by atoms with Gasteiger partial charge in [0.1, 0.15) is 11.3 Å². The molecule has 1 aromatic heterocycles. The Bertz CT molecular complexity index is 567. The number of fused-ring (bicyclic) bond motifs is 1. The Morgan fingerprint density at radius 2 is 2.33 bits per heavy atom. The second-order valence-corrected chi connectivity index (χ2v) is 5.28. The third kappa shape index (κ3) is 3.40. The van der Waals surface area contributed by atoms with Gasteiger partial charge in [-0.15, -0.1) is 0 Å². The van der Waals surface area contributed by atoms with E-state index in [2.05, 4.69) is 4.98 Å². The molecule has 2 aromatic rings. The third-order valence-electron chi connectivity index (χ3n) is 2.01. The minimum Gasteiger partial charge on any atom is -0.462 e. The van der Waals surface area contributed by atoms with Crippen LogP contribution in [0, 0.1) is 0 Å². The molecule has 0 unspecified atom stereocenters. The Morgan fingerprint density at radius 1 is 1.56 bits per heavy atom. The van der Waals surface area contributed by atoms with Gasteiger partial charge in [0, 0.05) is 5.02 Å². The second kappa shape index (κ2) is 5.63. The molecule has 0 radical (unpaired) electrons. The van der Waals surface area contributed by atoms with Crippen molar-refractivity contribution in [3.8, 4) is 0 Å². The molecule has 4 nitrogen and oxygen atoms in total. The first-order chi connectivity index (χ1) is 8.54. The van der Waals surface area contributed by atoms with Gasteiger partial charge in [0.2, 0.25) is 0 Å². The molecule has 0 bridgehead atoms. The lowest BCUT2D eigenvalue weighted by atomic mass is 10.3. The van der Waals surface area contributed by atoms with Gasteiger partial charge in [0.05, 0.1) is 6.10 Å². The van der Waals surface area contributed by atoms with E-state index in [0.717, 1.165) is 0 Å². The van der Waals surface area contributed by atoms with Gasteiger partial charge in [-0.2, -0.15) is 0 Å². The predicted octanol–water partition coefficient (Wildman–Crippen LogP) is 3.52. The van der Waals surface area contributed by atoms with Crippen molar-refractivity contribution >= 4 is 40.4 Å². The van der Waals surface area contributed by atoms with Crippen LogP contribution in [0.1, 0.15) is 13.8 Å². The van der Waals surface area contributed by atoms with Crippen molar-refractivity contribution in [1.82, 2.24) is 4.98 Å². The van der Waals surface area contributed by atoms with E-state index in [0.29, 0.717) is 21.3 Å². The summed E-state index contributed by atoms with van der Waals surface area (Å²) >= 11 is 7.06. The summed E-state index contributed by atoms with van der Waals surface area (Å²) in [7, 11) is 0. The molecule has 1 aromatic carbocycles. The normalized spacial score (nSPS) is 11.1. The lowest BCUT2D eigenvalue weighted by Gasteiger charge is -2.05. The number of oxazole rings is 1. The van der Waals surface area contributed by atoms with Crippen LogP contribution < -0.4 is 0 Å². The monoisotopic (exact) mass is 285 g/mol. The number of halogens is 1. The SMILES string of the molecule is CC(C)OC(=O)CSc1nc2cc(Cl)ccc2o1. The number of rotatable bonds is 4. The third-order valence-corrected chi connectivity index (χ3v) is 3.05. The molecule has 0 atom stereocenters. The summed E-state index contributed by atoms with van der Waals surface area (Å²) in [5, 5.41) is 1.04. The smallest absolute Gasteiger partial charge is 0.316 e. The highest BCUT2D eigenvalue weighted by Crippen LogP contribution is 2.25. The van der Waals surface area contributed by atoms with Crippen LogP contribution in [-0.2, 0) is 9.53 Å². The average Bonchev–Trinajstić information content (AvgIpc) is 2.67. The van der Waals surface area contributed by atoms with Crippen LogP contribution in [0.5, 0.6) is 0 Å². The van der Waals surface area contributed by atoms with Crippen LogP contribution in [-0.4, -0.2) is 22.8 Å². The zero-order chi connectivity index (χ0) is 13.1. The lowest BCUT2D eigenvalue weighted by molar-refractivity contribution is -0.144. The summed E-state index contributed by atoms with van der Waals surface area (Å²) in [4.78, 5) is 15.6. The summed E-state index contributed by atoms with van der Waals surface area (Å²) in [5.41, 5.74) is 1.33. The number of esters is 1. The van der Waals surface area contributed by atoms with E-state index in [1.54, 1.807) is 18.2 Å². The molecular weight excluding hydrogens is 274 g/mol. The maximum atomic E-state index is 11.4. The van der Waals surface area contributed by atoms with E-state index in [4.69, 9.17) is 20.8 Å². The highest BCUT2D eigenvalue weighted by molar-refractivity contribution is 7.99. The van der Waals surface area contributed by atoms with Crippen molar-refractivity contribution in [2.24, 2.45) is 0 Å². The largest absolute Gasteiger partial charge is 0.462 e. The summed E-state index contributed by atoms with van der Waals surface area (Å²) in [6.07, 6.45) is -0.111. The van der Waals surface area contributed by atoms with Crippen LogP contribution >= 0.6 is 23.4 Å². The number of hydrogen-bond donors (Lipinski definition) is 0. The molecule has 0 saturated carbocycles. The Labute approximate surface area is 114 Å². The number of nitrogens with zero attached hydrogens (tertiary/aromatic N) is 1. The Morgan fingerprint density at radius 3 is 3.06 bits per heavy atom. The fraction of sp³-hybridized carbons (Fsp3) is 0.333. The van der Waals surface area contributed by atoms with Crippen LogP contribution in [0.2, 0.25) is 5.02 Å². The first-order valence-electron chi connectivity index (χ1n) is 5.43. The van der Waals surface area contributed by atoms with E-state index in [-0.39, 0.29) is 17.8 Å². The topological polar surface area (TPSA) is 52.3 Å². The molecule has 0 N–H and O–H groups in total. The first-order valence-corrected chi connectivity index (χ1v) is 6.79. The number of ether oxygens (including phenoxy) is 1. The molecule has 0 aliphatic carbocycles. The van der Waals surface area contributed by atoms with Crippen molar-refractivity contribution in [1.29, 1.82) is 0 Å². The van der Waals surface area contributed by atoms with E-state index in [1.807, 2.05) is 13.8 Å². The molecular formula is C12H12ClNO3S. The van der Waals surface area contributed by atoms with E-state index in [9.17, 15) is 4.79 Å². The Balaban J connectivity index is 2.02. The van der Waals surface area contributed by atoms with Gasteiger partial charge in [-0.1, -0.05) is 23.4 Å². The summed E-state index contributed by atoms with van der Waals surface area (Å²) in [6.45, 7) is 3.62. The van der Waals surface area contributed by atoms with Crippen LogP contribution in [0.3, 0.4) is 0 Å². The Kier molecular flexibility index (Phi) is 4.14. The zero-order valence-electron chi connectivity index (χ0n) is 9.97. The molecule has 2 rings (SSSR count). The highest BCUT2D eigenvalue weighted by atomic mass is 35.5. The molecule has 1 heterocycles. The van der Waals surface area contributed by atoms with Crippen LogP contribution in [0.15, 0.2) is 27.8 Å². The van der Waals surface area contributed by atoms with Crippen molar-refractivity contribution in [2.75, 3.05) is 5.75 Å². The minimum atomic E-state index is -0.282. The van der Waals surface area contributed by atoms with Gasteiger partial charge in [0.15, 0.2) is 5.58 Å². The second-order valence-electron chi connectivity index (χ2n) is 3.92. The average molecular weight is 286 g/mol. The highest BCUT2D eigenvalue weighted by Gasteiger charge is 2.11. The molecule has 0 spiro atoms. The predicted molar refractivity (Wildman–Crippen MR) is 71.0 cm³/mol.